The summed E-state index contributed by atoms with van der Waals surface area (Å²) in [6.07, 6.45) is 10.9. The standard InChI is InChI=1S/C22H28N2O2/c25-21(23-13-7-2-8-14-23)16-24-15-19(18-11-5-6-12-20(18)24)22(26)17-9-3-1-4-10-17/h5-6,11-12,15,17H,1-4,7-10,13-14,16H2. The fourth-order valence-electron chi connectivity index (χ4n) is 4.55. The fourth-order valence-corrected chi connectivity index (χ4v) is 4.55. The number of carbonyl (C=O) groups is 2. The summed E-state index contributed by atoms with van der Waals surface area (Å²) in [4.78, 5) is 27.8. The molecule has 0 atom stereocenters. The molecule has 2 heterocycles. The number of aromatic nitrogens is 1. The molecule has 2 fully saturated rings. The molecule has 0 spiro atoms. The van der Waals surface area contributed by atoms with Gasteiger partial charge in [-0.1, -0.05) is 37.5 Å². The molecule has 1 saturated heterocycles. The number of rotatable bonds is 4. The van der Waals surface area contributed by atoms with Crippen molar-refractivity contribution >= 4 is 22.6 Å². The number of para-hydroxylation sites is 1. The van der Waals surface area contributed by atoms with Crippen molar-refractivity contribution in [2.75, 3.05) is 13.1 Å². The first-order valence-corrected chi connectivity index (χ1v) is 10.1. The summed E-state index contributed by atoms with van der Waals surface area (Å²) in [6, 6.07) is 8.01. The molecule has 1 aliphatic heterocycles. The van der Waals surface area contributed by atoms with Crippen LogP contribution in [0.5, 0.6) is 0 Å². The third-order valence-corrected chi connectivity index (χ3v) is 6.04. The number of amides is 1. The molecular formula is C22H28N2O2. The van der Waals surface area contributed by atoms with Gasteiger partial charge in [0.15, 0.2) is 5.78 Å². The van der Waals surface area contributed by atoms with Crippen LogP contribution in [0.25, 0.3) is 10.9 Å². The minimum Gasteiger partial charge on any atom is -0.341 e. The van der Waals surface area contributed by atoms with Crippen LogP contribution >= 0.6 is 0 Å². The average Bonchev–Trinajstić information content (AvgIpc) is 3.07. The van der Waals surface area contributed by atoms with Crippen molar-refractivity contribution in [2.24, 2.45) is 5.92 Å². The Labute approximate surface area is 155 Å². The molecule has 1 aliphatic carbocycles. The highest BCUT2D eigenvalue weighted by atomic mass is 16.2. The van der Waals surface area contributed by atoms with Crippen molar-refractivity contribution in [3.63, 3.8) is 0 Å². The monoisotopic (exact) mass is 352 g/mol. The summed E-state index contributed by atoms with van der Waals surface area (Å²) in [5.41, 5.74) is 1.80. The van der Waals surface area contributed by atoms with Crippen LogP contribution in [0.1, 0.15) is 61.7 Å². The molecule has 1 amide bonds. The van der Waals surface area contributed by atoms with Gasteiger partial charge in [0.1, 0.15) is 6.54 Å². The van der Waals surface area contributed by atoms with Gasteiger partial charge in [-0.15, -0.1) is 0 Å². The molecule has 2 aliphatic rings. The molecule has 1 saturated carbocycles. The van der Waals surface area contributed by atoms with Crippen LogP contribution in [0.3, 0.4) is 0 Å². The zero-order valence-corrected chi connectivity index (χ0v) is 15.5. The highest BCUT2D eigenvalue weighted by molar-refractivity contribution is 6.09. The van der Waals surface area contributed by atoms with Gasteiger partial charge in [0.2, 0.25) is 5.91 Å². The lowest BCUT2D eigenvalue weighted by molar-refractivity contribution is -0.132. The van der Waals surface area contributed by atoms with Crippen LogP contribution < -0.4 is 0 Å². The predicted molar refractivity (Wildman–Crippen MR) is 103 cm³/mol. The Balaban J connectivity index is 1.61. The summed E-state index contributed by atoms with van der Waals surface area (Å²) in [6.45, 7) is 2.07. The average molecular weight is 352 g/mol. The second kappa shape index (κ2) is 7.65. The largest absolute Gasteiger partial charge is 0.341 e. The Morgan fingerprint density at radius 2 is 1.62 bits per heavy atom. The van der Waals surface area contributed by atoms with Gasteiger partial charge in [0, 0.05) is 41.7 Å². The number of hydrogen-bond acceptors (Lipinski definition) is 2. The van der Waals surface area contributed by atoms with Crippen molar-refractivity contribution in [2.45, 2.75) is 57.9 Å². The van der Waals surface area contributed by atoms with E-state index < -0.39 is 0 Å². The van der Waals surface area contributed by atoms with Crippen LogP contribution in [-0.4, -0.2) is 34.2 Å². The molecule has 4 rings (SSSR count). The van der Waals surface area contributed by atoms with Crippen molar-refractivity contribution in [1.29, 1.82) is 0 Å². The first-order chi connectivity index (χ1) is 12.7. The SMILES string of the molecule is O=C(c1cn(CC(=O)N2CCCCC2)c2ccccc12)C1CCCCC1. The lowest BCUT2D eigenvalue weighted by Gasteiger charge is -2.27. The molecule has 138 valence electrons. The molecule has 4 nitrogen and oxygen atoms in total. The number of carbonyl (C=O) groups excluding carboxylic acids is 2. The van der Waals surface area contributed by atoms with E-state index in [4.69, 9.17) is 0 Å². The van der Waals surface area contributed by atoms with Gasteiger partial charge in [-0.25, -0.2) is 0 Å². The van der Waals surface area contributed by atoms with E-state index in [1.165, 1.54) is 12.8 Å². The van der Waals surface area contributed by atoms with Gasteiger partial charge in [0.25, 0.3) is 0 Å². The van der Waals surface area contributed by atoms with E-state index in [0.29, 0.717) is 6.54 Å². The van der Waals surface area contributed by atoms with E-state index in [1.54, 1.807) is 0 Å². The summed E-state index contributed by atoms with van der Waals surface area (Å²) < 4.78 is 1.99. The Kier molecular flexibility index (Phi) is 5.09. The van der Waals surface area contributed by atoms with Gasteiger partial charge in [-0.05, 0) is 38.2 Å². The van der Waals surface area contributed by atoms with Crippen LogP contribution in [-0.2, 0) is 11.3 Å². The second-order valence-corrected chi connectivity index (χ2v) is 7.83. The van der Waals surface area contributed by atoms with E-state index >= 15 is 0 Å². The van der Waals surface area contributed by atoms with Crippen molar-refractivity contribution in [1.82, 2.24) is 9.47 Å². The third-order valence-electron chi connectivity index (χ3n) is 6.04. The third kappa shape index (κ3) is 3.42. The quantitative estimate of drug-likeness (QED) is 0.765. The maximum absolute atomic E-state index is 13.1. The highest BCUT2D eigenvalue weighted by Gasteiger charge is 2.26. The number of benzene rings is 1. The minimum atomic E-state index is 0.154. The lowest BCUT2D eigenvalue weighted by Crippen LogP contribution is -2.37. The summed E-state index contributed by atoms with van der Waals surface area (Å²) in [7, 11) is 0. The fraction of sp³-hybridized carbons (Fsp3) is 0.545. The van der Waals surface area contributed by atoms with E-state index in [2.05, 4.69) is 0 Å². The first-order valence-electron chi connectivity index (χ1n) is 10.1. The van der Waals surface area contributed by atoms with E-state index in [-0.39, 0.29) is 17.6 Å². The Hall–Kier alpha value is -2.10. The lowest BCUT2D eigenvalue weighted by atomic mass is 9.84. The van der Waals surface area contributed by atoms with Crippen molar-refractivity contribution in [3.8, 4) is 0 Å². The van der Waals surface area contributed by atoms with Gasteiger partial charge in [-0.2, -0.15) is 0 Å². The number of likely N-dealkylation sites (tertiary alicyclic amines) is 1. The molecule has 26 heavy (non-hydrogen) atoms. The number of Topliss-reactive ketones (excluding diaryl/α,β-unsaturated/α-hetero) is 1. The minimum absolute atomic E-state index is 0.154. The Morgan fingerprint density at radius 1 is 0.923 bits per heavy atom. The second-order valence-electron chi connectivity index (χ2n) is 7.83. The summed E-state index contributed by atoms with van der Waals surface area (Å²) in [5.74, 6) is 0.591. The number of ketones is 1. The first kappa shape index (κ1) is 17.3. The molecule has 0 N–H and O–H groups in total. The van der Waals surface area contributed by atoms with Gasteiger partial charge in [-0.3, -0.25) is 9.59 Å². The molecule has 0 unspecified atom stereocenters. The Morgan fingerprint density at radius 3 is 2.38 bits per heavy atom. The molecule has 0 radical (unpaired) electrons. The molecular weight excluding hydrogens is 324 g/mol. The maximum Gasteiger partial charge on any atom is 0.242 e. The summed E-state index contributed by atoms with van der Waals surface area (Å²) >= 11 is 0. The number of nitrogens with zero attached hydrogens (tertiary/aromatic N) is 2. The van der Waals surface area contributed by atoms with Crippen LogP contribution in [0.2, 0.25) is 0 Å². The van der Waals surface area contributed by atoms with Crippen molar-refractivity contribution < 1.29 is 9.59 Å². The normalized spacial score (nSPS) is 19.0. The molecule has 0 bridgehead atoms. The number of fused-ring (bicyclic) bond motifs is 1. The predicted octanol–water partition coefficient (Wildman–Crippen LogP) is 4.42. The molecule has 1 aromatic carbocycles. The smallest absolute Gasteiger partial charge is 0.242 e. The zero-order valence-electron chi connectivity index (χ0n) is 15.5. The topological polar surface area (TPSA) is 42.3 Å². The number of hydrogen-bond donors (Lipinski definition) is 0. The highest BCUT2D eigenvalue weighted by Crippen LogP contribution is 2.30. The summed E-state index contributed by atoms with van der Waals surface area (Å²) in [5, 5.41) is 0.995. The van der Waals surface area contributed by atoms with Gasteiger partial charge < -0.3 is 9.47 Å². The zero-order chi connectivity index (χ0) is 17.9. The van der Waals surface area contributed by atoms with E-state index in [0.717, 1.165) is 68.1 Å². The van der Waals surface area contributed by atoms with Crippen LogP contribution in [0.4, 0.5) is 0 Å². The number of piperidine rings is 1. The van der Waals surface area contributed by atoms with Crippen LogP contribution in [0, 0.1) is 5.92 Å². The maximum atomic E-state index is 13.1. The van der Waals surface area contributed by atoms with Crippen molar-refractivity contribution in [3.05, 3.63) is 36.0 Å². The van der Waals surface area contributed by atoms with E-state index in [9.17, 15) is 9.59 Å². The van der Waals surface area contributed by atoms with Gasteiger partial charge >= 0.3 is 0 Å². The molecule has 2 aromatic rings. The Bertz CT molecular complexity index is 796. The molecule has 1 aromatic heterocycles. The van der Waals surface area contributed by atoms with Crippen LogP contribution in [0.15, 0.2) is 30.5 Å². The van der Waals surface area contributed by atoms with E-state index in [1.807, 2.05) is 39.9 Å². The molecule has 4 heteroatoms. The van der Waals surface area contributed by atoms with Gasteiger partial charge in [0.05, 0.1) is 0 Å².